The second-order valence-electron chi connectivity index (χ2n) is 12.0. The fourth-order valence-corrected chi connectivity index (χ4v) is 5.25. The number of aliphatic hydroxyl groups is 4. The minimum atomic E-state index is -1.53. The fourth-order valence-electron chi connectivity index (χ4n) is 5.25. The minimum Gasteiger partial charge on any atom is -0.457 e. The molecule has 0 amide bonds. The lowest BCUT2D eigenvalue weighted by Gasteiger charge is -2.39. The zero-order valence-corrected chi connectivity index (χ0v) is 26.8. The van der Waals surface area contributed by atoms with Crippen molar-refractivity contribution in [2.45, 2.75) is 179 Å². The van der Waals surface area contributed by atoms with Crippen molar-refractivity contribution >= 4 is 5.97 Å². The molecule has 9 heteroatoms. The molecule has 6 atom stereocenters. The number of rotatable bonds is 28. The number of esters is 1. The number of carbonyl (C=O) groups excluding carboxylic acids is 1. The number of hydrogen-bond donors (Lipinski definition) is 4. The van der Waals surface area contributed by atoms with Crippen LogP contribution in [0, 0.1) is 0 Å². The zero-order chi connectivity index (χ0) is 30.8. The van der Waals surface area contributed by atoms with Crippen LogP contribution in [0.5, 0.6) is 0 Å². The van der Waals surface area contributed by atoms with Gasteiger partial charge in [0, 0.05) is 13.0 Å². The van der Waals surface area contributed by atoms with Crippen molar-refractivity contribution in [3.05, 3.63) is 0 Å². The van der Waals surface area contributed by atoms with E-state index in [9.17, 15) is 25.2 Å². The predicted molar refractivity (Wildman–Crippen MR) is 164 cm³/mol. The Morgan fingerprint density at radius 2 is 1.17 bits per heavy atom. The molecule has 0 radical (unpaired) electrons. The van der Waals surface area contributed by atoms with Crippen molar-refractivity contribution in [3.63, 3.8) is 0 Å². The monoisotopic (exact) mass is 604 g/mol. The van der Waals surface area contributed by atoms with Crippen molar-refractivity contribution in [2.24, 2.45) is 0 Å². The van der Waals surface area contributed by atoms with Gasteiger partial charge in [0.1, 0.15) is 30.5 Å². The highest BCUT2D eigenvalue weighted by Crippen LogP contribution is 2.22. The third-order valence-electron chi connectivity index (χ3n) is 8.02. The second-order valence-corrected chi connectivity index (χ2v) is 12.0. The fraction of sp³-hybridized carbons (Fsp3) is 0.970. The summed E-state index contributed by atoms with van der Waals surface area (Å²) in [6.07, 6.45) is 16.4. The molecule has 0 aromatic carbocycles. The molecule has 0 aromatic rings. The van der Waals surface area contributed by atoms with E-state index < -0.39 is 43.4 Å². The number of unbranched alkanes of at least 4 members (excludes halogenated alkanes) is 17. The number of hydrogen-bond acceptors (Lipinski definition) is 9. The summed E-state index contributed by atoms with van der Waals surface area (Å²) in [5.74, 6) is -0.336. The van der Waals surface area contributed by atoms with Gasteiger partial charge in [-0.05, 0) is 12.8 Å². The summed E-state index contributed by atoms with van der Waals surface area (Å²) < 4.78 is 22.4. The van der Waals surface area contributed by atoms with Crippen LogP contribution in [0.25, 0.3) is 0 Å². The molecule has 0 bridgehead atoms. The van der Waals surface area contributed by atoms with Crippen molar-refractivity contribution in [1.82, 2.24) is 0 Å². The zero-order valence-electron chi connectivity index (χ0n) is 26.8. The van der Waals surface area contributed by atoms with Crippen LogP contribution in [0.4, 0.5) is 0 Å². The molecule has 1 fully saturated rings. The van der Waals surface area contributed by atoms with Gasteiger partial charge in [0.2, 0.25) is 0 Å². The van der Waals surface area contributed by atoms with E-state index in [4.69, 9.17) is 18.9 Å². The molecule has 0 aliphatic carbocycles. The van der Waals surface area contributed by atoms with Crippen LogP contribution in [0.2, 0.25) is 0 Å². The Morgan fingerprint density at radius 3 is 1.69 bits per heavy atom. The lowest BCUT2D eigenvalue weighted by Crippen LogP contribution is -2.59. The van der Waals surface area contributed by atoms with E-state index in [-0.39, 0.29) is 19.2 Å². The predicted octanol–water partition coefficient (Wildman–Crippen LogP) is 5.57. The molecular weight excluding hydrogens is 540 g/mol. The second kappa shape index (κ2) is 26.6. The standard InChI is InChI=1S/C33H64O9/c1-3-5-7-8-9-10-11-12-13-14-15-16-17-18-19-21-23-39-25-27(41-29(35)22-20-6-4-2)26-40-33-32(38)31(37)30(36)28(24-34)42-33/h27-28,30-34,36-38H,3-26H2,1-2H3. The number of aliphatic hydroxyl groups excluding tert-OH is 4. The first-order valence-electron chi connectivity index (χ1n) is 17.1. The topological polar surface area (TPSA) is 135 Å². The summed E-state index contributed by atoms with van der Waals surface area (Å²) >= 11 is 0. The molecule has 1 heterocycles. The lowest BCUT2D eigenvalue weighted by molar-refractivity contribution is -0.305. The van der Waals surface area contributed by atoms with Crippen molar-refractivity contribution in [1.29, 1.82) is 0 Å². The lowest BCUT2D eigenvalue weighted by atomic mass is 9.99. The Labute approximate surface area is 255 Å². The van der Waals surface area contributed by atoms with Gasteiger partial charge in [-0.15, -0.1) is 0 Å². The van der Waals surface area contributed by atoms with E-state index >= 15 is 0 Å². The van der Waals surface area contributed by atoms with Crippen LogP contribution in [0.15, 0.2) is 0 Å². The summed E-state index contributed by atoms with van der Waals surface area (Å²) in [7, 11) is 0. The normalized spacial score (nSPS) is 23.2. The van der Waals surface area contributed by atoms with Gasteiger partial charge < -0.3 is 39.4 Å². The maximum absolute atomic E-state index is 12.3. The van der Waals surface area contributed by atoms with E-state index in [1.54, 1.807) is 0 Å². The van der Waals surface area contributed by atoms with Gasteiger partial charge >= 0.3 is 5.97 Å². The van der Waals surface area contributed by atoms with E-state index in [1.807, 2.05) is 0 Å². The van der Waals surface area contributed by atoms with Crippen LogP contribution >= 0.6 is 0 Å². The van der Waals surface area contributed by atoms with Crippen LogP contribution in [0.1, 0.15) is 142 Å². The Kier molecular flexibility index (Phi) is 24.8. The molecule has 1 aliphatic heterocycles. The maximum Gasteiger partial charge on any atom is 0.306 e. The highest BCUT2D eigenvalue weighted by molar-refractivity contribution is 5.69. The highest BCUT2D eigenvalue weighted by Gasteiger charge is 2.44. The summed E-state index contributed by atoms with van der Waals surface area (Å²) in [6.45, 7) is 4.39. The van der Waals surface area contributed by atoms with Gasteiger partial charge in [0.05, 0.1) is 19.8 Å². The molecule has 0 saturated carbocycles. The molecule has 0 aromatic heterocycles. The summed E-state index contributed by atoms with van der Waals surface area (Å²) in [4.78, 5) is 12.3. The highest BCUT2D eigenvalue weighted by atomic mass is 16.7. The minimum absolute atomic E-state index is 0.110. The summed E-state index contributed by atoms with van der Waals surface area (Å²) in [5.41, 5.74) is 0. The van der Waals surface area contributed by atoms with Gasteiger partial charge in [-0.2, -0.15) is 0 Å². The molecule has 1 saturated heterocycles. The Morgan fingerprint density at radius 1 is 0.667 bits per heavy atom. The van der Waals surface area contributed by atoms with Gasteiger partial charge in [-0.1, -0.05) is 123 Å². The molecule has 1 rings (SSSR count). The first-order valence-corrected chi connectivity index (χ1v) is 17.1. The molecule has 4 N–H and O–H groups in total. The van der Waals surface area contributed by atoms with Crippen molar-refractivity contribution in [2.75, 3.05) is 26.4 Å². The third kappa shape index (κ3) is 18.8. The van der Waals surface area contributed by atoms with E-state index in [0.29, 0.717) is 13.0 Å². The Hall–Kier alpha value is -0.810. The van der Waals surface area contributed by atoms with E-state index in [2.05, 4.69) is 13.8 Å². The van der Waals surface area contributed by atoms with Crippen molar-refractivity contribution < 1.29 is 44.2 Å². The van der Waals surface area contributed by atoms with Crippen LogP contribution in [0.3, 0.4) is 0 Å². The van der Waals surface area contributed by atoms with Crippen LogP contribution < -0.4 is 0 Å². The van der Waals surface area contributed by atoms with Gasteiger partial charge in [0.25, 0.3) is 0 Å². The van der Waals surface area contributed by atoms with Crippen LogP contribution in [-0.4, -0.2) is 89.6 Å². The number of carbonyl (C=O) groups is 1. The average molecular weight is 605 g/mol. The molecule has 250 valence electrons. The maximum atomic E-state index is 12.3. The first-order chi connectivity index (χ1) is 20.4. The summed E-state index contributed by atoms with van der Waals surface area (Å²) in [6, 6.07) is 0. The third-order valence-corrected chi connectivity index (χ3v) is 8.02. The van der Waals surface area contributed by atoms with Gasteiger partial charge in [0.15, 0.2) is 6.29 Å². The molecule has 1 aliphatic rings. The van der Waals surface area contributed by atoms with E-state index in [0.717, 1.165) is 32.1 Å². The smallest absolute Gasteiger partial charge is 0.306 e. The van der Waals surface area contributed by atoms with E-state index in [1.165, 1.54) is 89.9 Å². The Balaban J connectivity index is 2.19. The van der Waals surface area contributed by atoms with Crippen molar-refractivity contribution in [3.8, 4) is 0 Å². The molecule has 9 nitrogen and oxygen atoms in total. The average Bonchev–Trinajstić information content (AvgIpc) is 2.98. The first kappa shape index (κ1) is 39.2. The summed E-state index contributed by atoms with van der Waals surface area (Å²) in [5, 5.41) is 39.5. The molecule has 42 heavy (non-hydrogen) atoms. The van der Waals surface area contributed by atoms with Crippen LogP contribution in [-0.2, 0) is 23.7 Å². The SMILES string of the molecule is CCCCCCCCCCCCCCCCCCOCC(COC1OC(CO)C(O)C(O)C1O)OC(=O)CCCCC. The number of ether oxygens (including phenoxy) is 4. The van der Waals surface area contributed by atoms with Gasteiger partial charge in [-0.3, -0.25) is 4.79 Å². The Bertz CT molecular complexity index is 618. The quantitative estimate of drug-likeness (QED) is 0.0667. The molecule has 6 unspecified atom stereocenters. The van der Waals surface area contributed by atoms with Gasteiger partial charge in [-0.25, -0.2) is 0 Å². The molecule has 0 spiro atoms. The molecular formula is C33H64O9. The largest absolute Gasteiger partial charge is 0.457 e.